The molecule has 0 atom stereocenters. The van der Waals surface area contributed by atoms with E-state index in [-0.39, 0.29) is 5.91 Å². The van der Waals surface area contributed by atoms with Crippen LogP contribution in [-0.2, 0) is 17.6 Å². The van der Waals surface area contributed by atoms with E-state index in [0.717, 1.165) is 30.8 Å². The number of pyridine rings is 1. The molecule has 0 spiro atoms. The molecule has 0 unspecified atom stereocenters. The Hall–Kier alpha value is -2.36. The maximum absolute atomic E-state index is 12.5. The number of para-hydroxylation sites is 1. The molecule has 1 aromatic heterocycles. The van der Waals surface area contributed by atoms with E-state index in [1.54, 1.807) is 12.3 Å². The van der Waals surface area contributed by atoms with Gasteiger partial charge in [0.15, 0.2) is 0 Å². The Labute approximate surface area is 118 Å². The highest BCUT2D eigenvalue weighted by Crippen LogP contribution is 2.27. The highest BCUT2D eigenvalue weighted by molar-refractivity contribution is 5.95. The molecule has 1 aromatic carbocycles. The maximum Gasteiger partial charge on any atom is 0.233 e. The molecule has 0 saturated carbocycles. The highest BCUT2D eigenvalue weighted by Gasteiger charge is 2.22. The molecule has 0 bridgehead atoms. The van der Waals surface area contributed by atoms with Gasteiger partial charge in [-0.2, -0.15) is 0 Å². The number of hydrogen-bond acceptors (Lipinski definition) is 3. The van der Waals surface area contributed by atoms with Gasteiger partial charge in [-0.05, 0) is 36.6 Å². The average molecular weight is 267 g/mol. The van der Waals surface area contributed by atoms with Gasteiger partial charge in [0.2, 0.25) is 5.91 Å². The predicted octanol–water partition coefficient (Wildman–Crippen LogP) is 2.19. The summed E-state index contributed by atoms with van der Waals surface area (Å²) < 4.78 is 0. The van der Waals surface area contributed by atoms with E-state index < -0.39 is 0 Å². The predicted molar refractivity (Wildman–Crippen MR) is 79.5 cm³/mol. The summed E-state index contributed by atoms with van der Waals surface area (Å²) in [6.07, 6.45) is 3.96. The third-order valence-corrected chi connectivity index (χ3v) is 3.59. The third-order valence-electron chi connectivity index (χ3n) is 3.59. The fraction of sp³-hybridized carbons (Fsp3) is 0.250. The standard InChI is InChI=1S/C16H17N3O/c17-13-7-8-14(18-11-13)10-16(20)19-9-3-5-12-4-1-2-6-15(12)19/h1-2,4,6-8,11H,3,5,9-10,17H2. The molecular formula is C16H17N3O. The van der Waals surface area contributed by atoms with Gasteiger partial charge < -0.3 is 10.6 Å². The van der Waals surface area contributed by atoms with Gasteiger partial charge in [0.05, 0.1) is 18.3 Å². The van der Waals surface area contributed by atoms with Crippen LogP contribution in [0.25, 0.3) is 0 Å². The fourth-order valence-corrected chi connectivity index (χ4v) is 2.58. The summed E-state index contributed by atoms with van der Waals surface area (Å²) in [5, 5.41) is 0. The molecule has 1 aliphatic heterocycles. The fourth-order valence-electron chi connectivity index (χ4n) is 2.58. The second-order valence-electron chi connectivity index (χ2n) is 5.04. The first-order chi connectivity index (χ1) is 9.74. The zero-order valence-corrected chi connectivity index (χ0v) is 11.2. The molecule has 0 radical (unpaired) electrons. The maximum atomic E-state index is 12.5. The van der Waals surface area contributed by atoms with Gasteiger partial charge in [-0.15, -0.1) is 0 Å². The summed E-state index contributed by atoms with van der Waals surface area (Å²) in [4.78, 5) is 18.5. The molecule has 2 N–H and O–H groups in total. The van der Waals surface area contributed by atoms with Gasteiger partial charge in [0.1, 0.15) is 0 Å². The van der Waals surface area contributed by atoms with Crippen LogP contribution in [0.3, 0.4) is 0 Å². The van der Waals surface area contributed by atoms with Gasteiger partial charge in [-0.25, -0.2) is 0 Å². The van der Waals surface area contributed by atoms with Crippen molar-refractivity contribution in [3.63, 3.8) is 0 Å². The molecule has 4 nitrogen and oxygen atoms in total. The minimum Gasteiger partial charge on any atom is -0.397 e. The first kappa shape index (κ1) is 12.7. The van der Waals surface area contributed by atoms with Crippen molar-refractivity contribution in [3.8, 4) is 0 Å². The molecule has 102 valence electrons. The average Bonchev–Trinajstić information content (AvgIpc) is 2.49. The summed E-state index contributed by atoms with van der Waals surface area (Å²) in [6.45, 7) is 0.783. The molecule has 2 aromatic rings. The van der Waals surface area contributed by atoms with Crippen molar-refractivity contribution in [2.45, 2.75) is 19.3 Å². The number of nitrogen functional groups attached to an aromatic ring is 1. The minimum absolute atomic E-state index is 0.0921. The van der Waals surface area contributed by atoms with Gasteiger partial charge >= 0.3 is 0 Å². The number of fused-ring (bicyclic) bond motifs is 1. The lowest BCUT2D eigenvalue weighted by molar-refractivity contribution is -0.118. The van der Waals surface area contributed by atoms with E-state index in [4.69, 9.17) is 5.73 Å². The molecule has 1 amide bonds. The van der Waals surface area contributed by atoms with Crippen LogP contribution in [0, 0.1) is 0 Å². The van der Waals surface area contributed by atoms with Crippen LogP contribution < -0.4 is 10.6 Å². The Morgan fingerprint density at radius 2 is 2.10 bits per heavy atom. The SMILES string of the molecule is Nc1ccc(CC(=O)N2CCCc3ccccc32)nc1. The van der Waals surface area contributed by atoms with Crippen LogP contribution in [0.5, 0.6) is 0 Å². The number of aryl methyl sites for hydroxylation is 1. The summed E-state index contributed by atoms with van der Waals surface area (Å²) in [6, 6.07) is 11.7. The third kappa shape index (κ3) is 2.50. The van der Waals surface area contributed by atoms with Crippen LogP contribution in [-0.4, -0.2) is 17.4 Å². The number of benzene rings is 1. The Kier molecular flexibility index (Phi) is 3.37. The van der Waals surface area contributed by atoms with Gasteiger partial charge in [0, 0.05) is 17.9 Å². The Balaban J connectivity index is 1.80. The van der Waals surface area contributed by atoms with Crippen LogP contribution in [0.1, 0.15) is 17.7 Å². The van der Waals surface area contributed by atoms with E-state index in [1.807, 2.05) is 29.2 Å². The van der Waals surface area contributed by atoms with Crippen molar-refractivity contribution in [2.24, 2.45) is 0 Å². The Bertz CT molecular complexity index is 622. The van der Waals surface area contributed by atoms with E-state index in [0.29, 0.717) is 12.1 Å². The smallest absolute Gasteiger partial charge is 0.233 e. The molecule has 0 fully saturated rings. The lowest BCUT2D eigenvalue weighted by atomic mass is 10.0. The monoisotopic (exact) mass is 267 g/mol. The van der Waals surface area contributed by atoms with Gasteiger partial charge in [-0.1, -0.05) is 18.2 Å². The van der Waals surface area contributed by atoms with E-state index in [9.17, 15) is 4.79 Å². The molecule has 2 heterocycles. The molecule has 3 rings (SSSR count). The van der Waals surface area contributed by atoms with E-state index >= 15 is 0 Å². The zero-order valence-electron chi connectivity index (χ0n) is 11.2. The van der Waals surface area contributed by atoms with Crippen molar-refractivity contribution in [3.05, 3.63) is 53.9 Å². The molecule has 4 heteroatoms. The largest absolute Gasteiger partial charge is 0.397 e. The Morgan fingerprint density at radius 1 is 1.25 bits per heavy atom. The summed E-state index contributed by atoms with van der Waals surface area (Å²) in [7, 11) is 0. The number of amides is 1. The minimum atomic E-state index is 0.0921. The van der Waals surface area contributed by atoms with Crippen LogP contribution in [0.15, 0.2) is 42.6 Å². The van der Waals surface area contributed by atoms with E-state index in [2.05, 4.69) is 11.1 Å². The van der Waals surface area contributed by atoms with Crippen molar-refractivity contribution in [2.75, 3.05) is 17.2 Å². The highest BCUT2D eigenvalue weighted by atomic mass is 16.2. The van der Waals surface area contributed by atoms with Crippen molar-refractivity contribution in [1.82, 2.24) is 4.98 Å². The lowest BCUT2D eigenvalue weighted by Gasteiger charge is -2.29. The number of rotatable bonds is 2. The second kappa shape index (κ2) is 5.33. The number of nitrogens with zero attached hydrogens (tertiary/aromatic N) is 2. The number of anilines is 2. The quantitative estimate of drug-likeness (QED) is 0.907. The Morgan fingerprint density at radius 3 is 2.90 bits per heavy atom. The van der Waals surface area contributed by atoms with Crippen molar-refractivity contribution in [1.29, 1.82) is 0 Å². The second-order valence-corrected chi connectivity index (χ2v) is 5.04. The summed E-state index contributed by atoms with van der Waals surface area (Å²) >= 11 is 0. The van der Waals surface area contributed by atoms with Crippen LogP contribution in [0.4, 0.5) is 11.4 Å². The number of nitrogens with two attached hydrogens (primary N) is 1. The van der Waals surface area contributed by atoms with Crippen LogP contribution in [0.2, 0.25) is 0 Å². The normalized spacial score (nSPS) is 13.9. The summed E-state index contributed by atoms with van der Waals surface area (Å²) in [5.41, 5.74) is 9.27. The topological polar surface area (TPSA) is 59.2 Å². The molecule has 0 saturated heterocycles. The first-order valence-corrected chi connectivity index (χ1v) is 6.83. The molecular weight excluding hydrogens is 250 g/mol. The van der Waals surface area contributed by atoms with Gasteiger partial charge in [0.25, 0.3) is 0 Å². The van der Waals surface area contributed by atoms with Crippen LogP contribution >= 0.6 is 0 Å². The zero-order chi connectivity index (χ0) is 13.9. The van der Waals surface area contributed by atoms with Crippen molar-refractivity contribution >= 4 is 17.3 Å². The lowest BCUT2D eigenvalue weighted by Crippen LogP contribution is -2.36. The number of carbonyl (C=O) groups is 1. The number of hydrogen-bond donors (Lipinski definition) is 1. The number of carbonyl (C=O) groups excluding carboxylic acids is 1. The summed E-state index contributed by atoms with van der Waals surface area (Å²) in [5.74, 6) is 0.0921. The van der Waals surface area contributed by atoms with Gasteiger partial charge in [-0.3, -0.25) is 9.78 Å². The molecule has 1 aliphatic rings. The first-order valence-electron chi connectivity index (χ1n) is 6.83. The number of aromatic nitrogens is 1. The molecule has 0 aliphatic carbocycles. The van der Waals surface area contributed by atoms with E-state index in [1.165, 1.54) is 5.56 Å². The van der Waals surface area contributed by atoms with Crippen molar-refractivity contribution < 1.29 is 4.79 Å². The molecule has 20 heavy (non-hydrogen) atoms.